The van der Waals surface area contributed by atoms with Gasteiger partial charge in [-0.15, -0.1) is 0 Å². The predicted molar refractivity (Wildman–Crippen MR) is 82.4 cm³/mol. The maximum absolute atomic E-state index is 11.9. The summed E-state index contributed by atoms with van der Waals surface area (Å²) in [7, 11) is 0. The molecule has 2 aromatic heterocycles. The summed E-state index contributed by atoms with van der Waals surface area (Å²) >= 11 is 0. The number of rotatable bonds is 4. The first-order chi connectivity index (χ1) is 11.6. The van der Waals surface area contributed by atoms with Crippen LogP contribution in [0.25, 0.3) is 11.2 Å². The standard InChI is InChI=1S/C14H19N5O5/c20-4-7-9(21)10(22)13(24-7)19-5-15-8-11(16-6-2-1-3-6)17-14(23)18-12(8)19/h5-7,9-10,13,20-22H,1-4H2,(H2,16,17,18,23)/t7-,9-,10-,13?/m1/s1. The van der Waals surface area contributed by atoms with Crippen LogP contribution in [0.15, 0.2) is 11.1 Å². The first-order valence-corrected chi connectivity index (χ1v) is 7.94. The average Bonchev–Trinajstić information content (AvgIpc) is 3.05. The molecule has 0 amide bonds. The fourth-order valence-corrected chi connectivity index (χ4v) is 3.09. The van der Waals surface area contributed by atoms with Crippen molar-refractivity contribution in [1.29, 1.82) is 0 Å². The van der Waals surface area contributed by atoms with Crippen LogP contribution in [-0.4, -0.2) is 65.8 Å². The first kappa shape index (κ1) is 15.5. The molecule has 2 aliphatic rings. The van der Waals surface area contributed by atoms with Crippen LogP contribution in [0.5, 0.6) is 0 Å². The molecule has 3 heterocycles. The number of ether oxygens (including phenoxy) is 1. The predicted octanol–water partition coefficient (Wildman–Crippen LogP) is -1.30. The van der Waals surface area contributed by atoms with Crippen LogP contribution in [-0.2, 0) is 4.74 Å². The van der Waals surface area contributed by atoms with Gasteiger partial charge in [-0.05, 0) is 19.3 Å². The molecule has 1 saturated carbocycles. The van der Waals surface area contributed by atoms with Gasteiger partial charge in [0, 0.05) is 6.04 Å². The van der Waals surface area contributed by atoms with Crippen molar-refractivity contribution >= 4 is 17.0 Å². The Morgan fingerprint density at radius 2 is 2.17 bits per heavy atom. The molecule has 2 aromatic rings. The van der Waals surface area contributed by atoms with Crippen molar-refractivity contribution in [2.24, 2.45) is 0 Å². The third kappa shape index (κ3) is 2.38. The number of hydrogen-bond donors (Lipinski definition) is 5. The molecule has 1 saturated heterocycles. The number of anilines is 1. The zero-order valence-electron chi connectivity index (χ0n) is 12.8. The van der Waals surface area contributed by atoms with Crippen LogP contribution >= 0.6 is 0 Å². The van der Waals surface area contributed by atoms with Crippen molar-refractivity contribution in [3.63, 3.8) is 0 Å². The smallest absolute Gasteiger partial charge is 0.348 e. The lowest BCUT2D eigenvalue weighted by molar-refractivity contribution is -0.0511. The van der Waals surface area contributed by atoms with E-state index in [2.05, 4.69) is 20.3 Å². The van der Waals surface area contributed by atoms with Gasteiger partial charge < -0.3 is 25.4 Å². The third-order valence-corrected chi connectivity index (χ3v) is 4.69. The van der Waals surface area contributed by atoms with Gasteiger partial charge in [0.1, 0.15) is 29.6 Å². The summed E-state index contributed by atoms with van der Waals surface area (Å²) in [6, 6.07) is 0.297. The Bertz CT molecular complexity index is 800. The number of aromatic nitrogens is 4. The number of fused-ring (bicyclic) bond motifs is 1. The van der Waals surface area contributed by atoms with Gasteiger partial charge in [0.15, 0.2) is 11.9 Å². The van der Waals surface area contributed by atoms with E-state index in [9.17, 15) is 20.1 Å². The minimum Gasteiger partial charge on any atom is -0.394 e. The summed E-state index contributed by atoms with van der Waals surface area (Å²) in [5.41, 5.74) is 0.160. The topological polar surface area (TPSA) is 146 Å². The van der Waals surface area contributed by atoms with E-state index in [0.717, 1.165) is 19.3 Å². The number of aliphatic hydroxyl groups is 3. The van der Waals surface area contributed by atoms with E-state index >= 15 is 0 Å². The van der Waals surface area contributed by atoms with Gasteiger partial charge in [0.2, 0.25) is 0 Å². The highest BCUT2D eigenvalue weighted by molar-refractivity contribution is 5.82. The molecule has 0 spiro atoms. The number of aromatic amines is 1. The second kappa shape index (κ2) is 5.81. The van der Waals surface area contributed by atoms with Crippen LogP contribution in [0.2, 0.25) is 0 Å². The van der Waals surface area contributed by atoms with E-state index in [-0.39, 0.29) is 5.65 Å². The van der Waals surface area contributed by atoms with Gasteiger partial charge in [0.05, 0.1) is 12.9 Å². The van der Waals surface area contributed by atoms with E-state index in [1.807, 2.05) is 0 Å². The lowest BCUT2D eigenvalue weighted by atomic mass is 9.93. The average molecular weight is 337 g/mol. The minimum atomic E-state index is -1.26. The summed E-state index contributed by atoms with van der Waals surface area (Å²) in [5, 5.41) is 32.5. The van der Waals surface area contributed by atoms with Gasteiger partial charge in [-0.3, -0.25) is 9.55 Å². The van der Waals surface area contributed by atoms with Gasteiger partial charge >= 0.3 is 5.69 Å². The molecule has 1 unspecified atom stereocenters. The molecule has 5 N–H and O–H groups in total. The van der Waals surface area contributed by atoms with E-state index in [4.69, 9.17) is 4.74 Å². The number of nitrogens with one attached hydrogen (secondary N) is 2. The van der Waals surface area contributed by atoms with E-state index < -0.39 is 36.8 Å². The molecular formula is C14H19N5O5. The molecule has 4 rings (SSSR count). The fourth-order valence-electron chi connectivity index (χ4n) is 3.09. The van der Waals surface area contributed by atoms with Crippen LogP contribution in [0, 0.1) is 0 Å². The third-order valence-electron chi connectivity index (χ3n) is 4.69. The second-order valence-corrected chi connectivity index (χ2v) is 6.24. The van der Waals surface area contributed by atoms with Gasteiger partial charge in [-0.25, -0.2) is 9.78 Å². The van der Waals surface area contributed by atoms with Crippen molar-refractivity contribution in [2.75, 3.05) is 11.9 Å². The van der Waals surface area contributed by atoms with E-state index in [0.29, 0.717) is 17.4 Å². The van der Waals surface area contributed by atoms with Gasteiger partial charge in [-0.1, -0.05) is 0 Å². The zero-order valence-corrected chi connectivity index (χ0v) is 12.8. The second-order valence-electron chi connectivity index (χ2n) is 6.24. The van der Waals surface area contributed by atoms with Crippen molar-refractivity contribution < 1.29 is 20.1 Å². The number of imidazole rings is 1. The summed E-state index contributed by atoms with van der Waals surface area (Å²) in [4.78, 5) is 22.7. The van der Waals surface area contributed by atoms with Crippen LogP contribution in [0.3, 0.4) is 0 Å². The minimum absolute atomic E-state index is 0.246. The highest BCUT2D eigenvalue weighted by atomic mass is 16.6. The van der Waals surface area contributed by atoms with Crippen molar-refractivity contribution in [1.82, 2.24) is 19.5 Å². The Balaban J connectivity index is 1.73. The maximum Gasteiger partial charge on any atom is 0.348 e. The Kier molecular flexibility index (Phi) is 3.76. The number of aliphatic hydroxyl groups excluding tert-OH is 3. The molecule has 1 aliphatic carbocycles. The fraction of sp³-hybridized carbons (Fsp3) is 0.643. The SMILES string of the molecule is O=c1nc2c(ncn2C2O[C@H](CO)[C@@H](O)[C@H]2O)c(NC2CCC2)[nH]1. The molecular weight excluding hydrogens is 318 g/mol. The zero-order chi connectivity index (χ0) is 16.8. The number of nitrogens with zero attached hydrogens (tertiary/aromatic N) is 3. The van der Waals surface area contributed by atoms with Crippen LogP contribution < -0.4 is 11.0 Å². The summed E-state index contributed by atoms with van der Waals surface area (Å²) in [5.74, 6) is 0.486. The molecule has 0 radical (unpaired) electrons. The van der Waals surface area contributed by atoms with Gasteiger partial charge in [-0.2, -0.15) is 4.98 Å². The summed E-state index contributed by atoms with van der Waals surface area (Å²) in [6.07, 6.45) is 0.230. The number of hydrogen-bond acceptors (Lipinski definition) is 8. The molecule has 10 nitrogen and oxygen atoms in total. The Morgan fingerprint density at radius 1 is 1.38 bits per heavy atom. The number of H-pyrrole nitrogens is 1. The Hall–Kier alpha value is -2.01. The molecule has 130 valence electrons. The van der Waals surface area contributed by atoms with E-state index in [1.54, 1.807) is 0 Å². The highest BCUT2D eigenvalue weighted by Crippen LogP contribution is 2.32. The van der Waals surface area contributed by atoms with Crippen molar-refractivity contribution in [2.45, 2.75) is 49.8 Å². The maximum atomic E-state index is 11.9. The van der Waals surface area contributed by atoms with E-state index in [1.165, 1.54) is 10.9 Å². The van der Waals surface area contributed by atoms with Crippen LogP contribution in [0.1, 0.15) is 25.5 Å². The van der Waals surface area contributed by atoms with Crippen molar-refractivity contribution in [3.8, 4) is 0 Å². The monoisotopic (exact) mass is 337 g/mol. The molecule has 24 heavy (non-hydrogen) atoms. The molecule has 0 bridgehead atoms. The molecule has 10 heteroatoms. The quantitative estimate of drug-likeness (QED) is 0.462. The molecule has 1 aliphatic heterocycles. The normalized spacial score (nSPS) is 30.6. The Morgan fingerprint density at radius 3 is 2.79 bits per heavy atom. The first-order valence-electron chi connectivity index (χ1n) is 7.94. The molecule has 4 atom stereocenters. The van der Waals surface area contributed by atoms with Gasteiger partial charge in [0.25, 0.3) is 0 Å². The highest BCUT2D eigenvalue weighted by Gasteiger charge is 2.44. The molecule has 0 aromatic carbocycles. The molecule has 2 fully saturated rings. The van der Waals surface area contributed by atoms with Crippen molar-refractivity contribution in [3.05, 3.63) is 16.8 Å². The summed E-state index contributed by atoms with van der Waals surface area (Å²) < 4.78 is 6.88. The lowest BCUT2D eigenvalue weighted by Gasteiger charge is -2.27. The van der Waals surface area contributed by atoms with Crippen LogP contribution in [0.4, 0.5) is 5.82 Å². The Labute approximate surface area is 136 Å². The summed E-state index contributed by atoms with van der Waals surface area (Å²) in [6.45, 7) is -0.427. The largest absolute Gasteiger partial charge is 0.394 e. The lowest BCUT2D eigenvalue weighted by Crippen LogP contribution is -2.33.